The summed E-state index contributed by atoms with van der Waals surface area (Å²) in [4.78, 5) is 17.9. The molecule has 0 bridgehead atoms. The summed E-state index contributed by atoms with van der Waals surface area (Å²) < 4.78 is 0. The fraction of sp³-hybridized carbons (Fsp3) is 0.688. The van der Waals surface area contributed by atoms with Crippen LogP contribution in [-0.4, -0.2) is 68.7 Å². The first kappa shape index (κ1) is 17.2. The lowest BCUT2D eigenvalue weighted by Crippen LogP contribution is -2.47. The number of hydrogen-bond donors (Lipinski definition) is 2. The molecular weight excluding hydrogens is 296 g/mol. The van der Waals surface area contributed by atoms with Crippen LogP contribution < -0.4 is 10.6 Å². The number of urea groups is 1. The van der Waals surface area contributed by atoms with Gasteiger partial charge in [0.2, 0.25) is 0 Å². The van der Waals surface area contributed by atoms with Crippen LogP contribution in [0.4, 0.5) is 4.79 Å². The van der Waals surface area contributed by atoms with Crippen LogP contribution in [0.5, 0.6) is 0 Å². The summed E-state index contributed by atoms with van der Waals surface area (Å²) in [7, 11) is 2.17. The molecule has 1 aliphatic rings. The van der Waals surface area contributed by atoms with Gasteiger partial charge in [-0.15, -0.1) is 11.3 Å². The Balaban J connectivity index is 1.53. The van der Waals surface area contributed by atoms with Gasteiger partial charge in [0.15, 0.2) is 0 Å². The first-order valence-corrected chi connectivity index (χ1v) is 8.96. The molecule has 2 amide bonds. The van der Waals surface area contributed by atoms with Gasteiger partial charge in [0, 0.05) is 50.7 Å². The minimum absolute atomic E-state index is 0.0539. The van der Waals surface area contributed by atoms with Crippen molar-refractivity contribution in [2.24, 2.45) is 5.92 Å². The van der Waals surface area contributed by atoms with Crippen molar-refractivity contribution in [3.8, 4) is 0 Å². The molecule has 124 valence electrons. The smallest absolute Gasteiger partial charge is 0.314 e. The van der Waals surface area contributed by atoms with E-state index in [1.807, 2.05) is 6.07 Å². The maximum absolute atomic E-state index is 11.8. The summed E-state index contributed by atoms with van der Waals surface area (Å²) in [6.07, 6.45) is 0.905. The number of nitrogens with zero attached hydrogens (tertiary/aromatic N) is 2. The van der Waals surface area contributed by atoms with Crippen molar-refractivity contribution in [3.63, 3.8) is 0 Å². The molecule has 1 atom stereocenters. The molecule has 6 heteroatoms. The minimum Gasteiger partial charge on any atom is -0.338 e. The topological polar surface area (TPSA) is 47.6 Å². The van der Waals surface area contributed by atoms with Gasteiger partial charge in [-0.25, -0.2) is 4.79 Å². The van der Waals surface area contributed by atoms with Gasteiger partial charge in [0.05, 0.1) is 0 Å². The van der Waals surface area contributed by atoms with Crippen LogP contribution in [0.15, 0.2) is 17.5 Å². The molecule has 0 spiro atoms. The van der Waals surface area contributed by atoms with Crippen molar-refractivity contribution < 1.29 is 4.79 Å². The maximum Gasteiger partial charge on any atom is 0.314 e. The van der Waals surface area contributed by atoms with Gasteiger partial charge < -0.3 is 20.4 Å². The third kappa shape index (κ3) is 6.34. The van der Waals surface area contributed by atoms with E-state index in [9.17, 15) is 4.79 Å². The fourth-order valence-electron chi connectivity index (χ4n) is 2.62. The molecule has 5 nitrogen and oxygen atoms in total. The second-order valence-corrected chi connectivity index (χ2v) is 7.21. The maximum atomic E-state index is 11.8. The van der Waals surface area contributed by atoms with Crippen LogP contribution in [-0.2, 0) is 6.42 Å². The Hall–Kier alpha value is -1.11. The molecule has 0 aromatic carbocycles. The average molecular weight is 324 g/mol. The van der Waals surface area contributed by atoms with Gasteiger partial charge in [0.25, 0.3) is 0 Å². The van der Waals surface area contributed by atoms with Gasteiger partial charge in [-0.2, -0.15) is 0 Å². The molecule has 1 fully saturated rings. The minimum atomic E-state index is -0.0539. The molecule has 1 saturated heterocycles. The van der Waals surface area contributed by atoms with Crippen molar-refractivity contribution >= 4 is 17.4 Å². The second kappa shape index (κ2) is 9.12. The highest BCUT2D eigenvalue weighted by molar-refractivity contribution is 7.09. The average Bonchev–Trinajstić information content (AvgIpc) is 3.01. The molecule has 2 heterocycles. The number of thiophene rings is 1. The van der Waals surface area contributed by atoms with Crippen LogP contribution in [0.25, 0.3) is 0 Å². The van der Waals surface area contributed by atoms with E-state index in [1.165, 1.54) is 4.88 Å². The molecule has 0 aliphatic carbocycles. The van der Waals surface area contributed by atoms with Crippen molar-refractivity contribution in [3.05, 3.63) is 22.4 Å². The normalized spacial score (nSPS) is 18.1. The Morgan fingerprint density at radius 1 is 1.32 bits per heavy atom. The summed E-state index contributed by atoms with van der Waals surface area (Å²) in [5, 5.41) is 7.96. The Kier molecular flexibility index (Phi) is 7.15. The molecule has 0 saturated carbocycles. The SMILES string of the molecule is C[C@@H](CNC(=O)NCCc1cccs1)CN1CCN(C)CC1. The van der Waals surface area contributed by atoms with E-state index in [-0.39, 0.29) is 6.03 Å². The van der Waals surface area contributed by atoms with Crippen molar-refractivity contribution in [1.29, 1.82) is 0 Å². The highest BCUT2D eigenvalue weighted by Crippen LogP contribution is 2.08. The Bertz CT molecular complexity index is 429. The molecule has 22 heavy (non-hydrogen) atoms. The van der Waals surface area contributed by atoms with E-state index in [2.05, 4.69) is 45.9 Å². The third-order valence-corrected chi connectivity index (χ3v) is 4.95. The van der Waals surface area contributed by atoms with Crippen LogP contribution in [0, 0.1) is 5.92 Å². The molecule has 1 aromatic rings. The Morgan fingerprint density at radius 3 is 2.77 bits per heavy atom. The van der Waals surface area contributed by atoms with Gasteiger partial charge in [-0.3, -0.25) is 0 Å². The van der Waals surface area contributed by atoms with Gasteiger partial charge in [-0.1, -0.05) is 13.0 Å². The largest absolute Gasteiger partial charge is 0.338 e. The van der Waals surface area contributed by atoms with E-state index in [0.29, 0.717) is 12.5 Å². The van der Waals surface area contributed by atoms with Gasteiger partial charge in [-0.05, 0) is 30.8 Å². The van der Waals surface area contributed by atoms with E-state index < -0.39 is 0 Å². The van der Waals surface area contributed by atoms with Crippen molar-refractivity contribution in [2.45, 2.75) is 13.3 Å². The molecular formula is C16H28N4OS. The zero-order valence-corrected chi connectivity index (χ0v) is 14.5. The molecule has 0 unspecified atom stereocenters. The standard InChI is InChI=1S/C16H28N4OS/c1-14(13-20-9-7-19(2)8-10-20)12-18-16(21)17-6-5-15-4-3-11-22-15/h3-4,11,14H,5-10,12-13H2,1-2H3,(H2,17,18,21)/t14-/m0/s1. The molecule has 1 aliphatic heterocycles. The number of amides is 2. The zero-order valence-electron chi connectivity index (χ0n) is 13.7. The summed E-state index contributed by atoms with van der Waals surface area (Å²) in [6.45, 7) is 9.23. The summed E-state index contributed by atoms with van der Waals surface area (Å²) in [5.41, 5.74) is 0. The molecule has 1 aromatic heterocycles. The van der Waals surface area contributed by atoms with Gasteiger partial charge >= 0.3 is 6.03 Å². The zero-order chi connectivity index (χ0) is 15.8. The number of carbonyl (C=O) groups is 1. The first-order valence-electron chi connectivity index (χ1n) is 8.08. The van der Waals surface area contributed by atoms with Crippen LogP contribution in [0.2, 0.25) is 0 Å². The lowest BCUT2D eigenvalue weighted by atomic mass is 10.1. The number of nitrogens with one attached hydrogen (secondary N) is 2. The summed E-state index contributed by atoms with van der Waals surface area (Å²) in [6, 6.07) is 4.09. The number of piperazine rings is 1. The lowest BCUT2D eigenvalue weighted by Gasteiger charge is -2.33. The first-order chi connectivity index (χ1) is 10.6. The fourth-order valence-corrected chi connectivity index (χ4v) is 3.33. The second-order valence-electron chi connectivity index (χ2n) is 6.18. The van der Waals surface area contributed by atoms with Crippen LogP contribution >= 0.6 is 11.3 Å². The lowest BCUT2D eigenvalue weighted by molar-refractivity contribution is 0.138. The van der Waals surface area contributed by atoms with E-state index in [4.69, 9.17) is 0 Å². The number of carbonyl (C=O) groups excluding carboxylic acids is 1. The van der Waals surface area contributed by atoms with E-state index in [1.54, 1.807) is 11.3 Å². The number of rotatable bonds is 7. The quantitative estimate of drug-likeness (QED) is 0.798. The van der Waals surface area contributed by atoms with Crippen LogP contribution in [0.1, 0.15) is 11.8 Å². The van der Waals surface area contributed by atoms with Gasteiger partial charge in [0.1, 0.15) is 0 Å². The van der Waals surface area contributed by atoms with E-state index >= 15 is 0 Å². The Labute approximate surface area is 137 Å². The molecule has 2 rings (SSSR count). The van der Waals surface area contributed by atoms with Crippen LogP contribution in [0.3, 0.4) is 0 Å². The summed E-state index contributed by atoms with van der Waals surface area (Å²) in [5.74, 6) is 0.478. The van der Waals surface area contributed by atoms with Crippen molar-refractivity contribution in [1.82, 2.24) is 20.4 Å². The predicted molar refractivity (Wildman–Crippen MR) is 92.5 cm³/mol. The predicted octanol–water partition coefficient (Wildman–Crippen LogP) is 1.47. The van der Waals surface area contributed by atoms with Crippen molar-refractivity contribution in [2.75, 3.05) is 52.9 Å². The summed E-state index contributed by atoms with van der Waals surface area (Å²) >= 11 is 1.73. The Morgan fingerprint density at radius 2 is 2.09 bits per heavy atom. The number of likely N-dealkylation sites (N-methyl/N-ethyl adjacent to an activating group) is 1. The third-order valence-electron chi connectivity index (χ3n) is 4.01. The molecule has 0 radical (unpaired) electrons. The monoisotopic (exact) mass is 324 g/mol. The van der Waals surface area contributed by atoms with E-state index in [0.717, 1.165) is 45.7 Å². The highest BCUT2D eigenvalue weighted by atomic mass is 32.1. The number of hydrogen-bond acceptors (Lipinski definition) is 4. The highest BCUT2D eigenvalue weighted by Gasteiger charge is 2.16. The molecule has 2 N–H and O–H groups in total.